The van der Waals surface area contributed by atoms with E-state index in [0.717, 1.165) is 44.6 Å². The maximum absolute atomic E-state index is 13.3. The van der Waals surface area contributed by atoms with Gasteiger partial charge in [-0.15, -0.1) is 0 Å². The number of para-hydroxylation sites is 1. The maximum atomic E-state index is 13.3. The van der Waals surface area contributed by atoms with Crippen LogP contribution in [-0.4, -0.2) is 67.6 Å². The van der Waals surface area contributed by atoms with Crippen LogP contribution in [0.3, 0.4) is 0 Å². The highest BCUT2D eigenvalue weighted by Gasteiger charge is 2.37. The van der Waals surface area contributed by atoms with Crippen LogP contribution in [0, 0.1) is 6.92 Å². The average Bonchev–Trinajstić information content (AvgIpc) is 2.82. The summed E-state index contributed by atoms with van der Waals surface area (Å²) in [5.74, 6) is 0.155. The molecule has 2 aromatic carbocycles. The Labute approximate surface area is 184 Å². The van der Waals surface area contributed by atoms with E-state index in [4.69, 9.17) is 0 Å². The van der Waals surface area contributed by atoms with Gasteiger partial charge in [-0.05, 0) is 56.0 Å². The normalized spacial score (nSPS) is 21.1. The molecule has 2 aromatic rings. The number of carbonyl (C=O) groups is 2. The van der Waals surface area contributed by atoms with Crippen molar-refractivity contribution in [3.05, 3.63) is 59.2 Å². The number of carbonyl (C=O) groups excluding carboxylic acids is 2. The second kappa shape index (κ2) is 7.91. The zero-order chi connectivity index (χ0) is 21.5. The van der Waals surface area contributed by atoms with Gasteiger partial charge >= 0.3 is 0 Å². The SMILES string of the molecule is Cc1ccccc1N1CCN(C(=O)c2ccc3c(c2)N(C)[C@H]2CCCCN2C3=O)CC1. The van der Waals surface area contributed by atoms with Gasteiger partial charge < -0.3 is 19.6 Å². The Bertz CT molecular complexity index is 1010. The summed E-state index contributed by atoms with van der Waals surface area (Å²) in [6.45, 7) is 6.02. The molecule has 3 aliphatic heterocycles. The van der Waals surface area contributed by atoms with E-state index >= 15 is 0 Å². The fourth-order valence-electron chi connectivity index (χ4n) is 5.26. The number of anilines is 2. The van der Waals surface area contributed by atoms with E-state index in [0.29, 0.717) is 24.2 Å². The summed E-state index contributed by atoms with van der Waals surface area (Å²) in [4.78, 5) is 34.7. The van der Waals surface area contributed by atoms with Gasteiger partial charge in [0.25, 0.3) is 11.8 Å². The van der Waals surface area contributed by atoms with Gasteiger partial charge in [0.1, 0.15) is 6.17 Å². The van der Waals surface area contributed by atoms with Crippen LogP contribution in [0.4, 0.5) is 11.4 Å². The number of piperidine rings is 1. The van der Waals surface area contributed by atoms with Crippen molar-refractivity contribution in [2.75, 3.05) is 49.6 Å². The predicted molar refractivity (Wildman–Crippen MR) is 123 cm³/mol. The Morgan fingerprint density at radius 3 is 2.48 bits per heavy atom. The Morgan fingerprint density at radius 1 is 0.935 bits per heavy atom. The van der Waals surface area contributed by atoms with Crippen LogP contribution in [0.15, 0.2) is 42.5 Å². The first-order valence-corrected chi connectivity index (χ1v) is 11.3. The van der Waals surface area contributed by atoms with E-state index < -0.39 is 0 Å². The number of hydrogen-bond donors (Lipinski definition) is 0. The van der Waals surface area contributed by atoms with Crippen LogP contribution in [0.25, 0.3) is 0 Å². The molecule has 3 aliphatic rings. The van der Waals surface area contributed by atoms with E-state index in [1.165, 1.54) is 11.3 Å². The summed E-state index contributed by atoms with van der Waals surface area (Å²) in [7, 11) is 2.05. The highest BCUT2D eigenvalue weighted by atomic mass is 16.2. The van der Waals surface area contributed by atoms with Crippen molar-refractivity contribution in [1.82, 2.24) is 9.80 Å². The third kappa shape index (κ3) is 3.44. The third-order valence-electron chi connectivity index (χ3n) is 7.06. The van der Waals surface area contributed by atoms with Crippen LogP contribution in [-0.2, 0) is 0 Å². The Kier molecular flexibility index (Phi) is 5.08. The molecular formula is C25H30N4O2. The third-order valence-corrected chi connectivity index (χ3v) is 7.06. The minimum atomic E-state index is 0.0548. The van der Waals surface area contributed by atoms with Crippen LogP contribution in [0.5, 0.6) is 0 Å². The van der Waals surface area contributed by atoms with Gasteiger partial charge in [-0.1, -0.05) is 18.2 Å². The first-order chi connectivity index (χ1) is 15.0. The number of hydrogen-bond acceptors (Lipinski definition) is 4. The van der Waals surface area contributed by atoms with Crippen molar-refractivity contribution in [2.24, 2.45) is 0 Å². The van der Waals surface area contributed by atoms with E-state index in [2.05, 4.69) is 41.0 Å². The summed E-state index contributed by atoms with van der Waals surface area (Å²) in [5, 5.41) is 0. The van der Waals surface area contributed by atoms with Gasteiger partial charge in [0.2, 0.25) is 0 Å². The van der Waals surface area contributed by atoms with Crippen molar-refractivity contribution in [3.8, 4) is 0 Å². The van der Waals surface area contributed by atoms with E-state index in [1.807, 2.05) is 35.0 Å². The maximum Gasteiger partial charge on any atom is 0.257 e. The largest absolute Gasteiger partial charge is 0.368 e. The molecule has 0 N–H and O–H groups in total. The molecule has 2 fully saturated rings. The summed E-state index contributed by atoms with van der Waals surface area (Å²) < 4.78 is 0. The molecule has 0 saturated carbocycles. The molecule has 1 atom stereocenters. The molecule has 0 spiro atoms. The molecule has 162 valence electrons. The molecule has 2 saturated heterocycles. The van der Waals surface area contributed by atoms with Crippen molar-refractivity contribution in [3.63, 3.8) is 0 Å². The summed E-state index contributed by atoms with van der Waals surface area (Å²) in [6.07, 6.45) is 3.30. The van der Waals surface area contributed by atoms with Crippen molar-refractivity contribution < 1.29 is 9.59 Å². The van der Waals surface area contributed by atoms with Crippen LogP contribution >= 0.6 is 0 Å². The van der Waals surface area contributed by atoms with E-state index in [9.17, 15) is 9.59 Å². The van der Waals surface area contributed by atoms with E-state index in [1.54, 1.807) is 0 Å². The van der Waals surface area contributed by atoms with Crippen molar-refractivity contribution in [2.45, 2.75) is 32.4 Å². The molecule has 0 radical (unpaired) electrons. The van der Waals surface area contributed by atoms with Gasteiger partial charge in [-0.25, -0.2) is 0 Å². The second-order valence-electron chi connectivity index (χ2n) is 8.88. The van der Waals surface area contributed by atoms with Gasteiger partial charge in [0, 0.05) is 51.0 Å². The zero-order valence-corrected chi connectivity index (χ0v) is 18.4. The quantitative estimate of drug-likeness (QED) is 0.750. The molecule has 31 heavy (non-hydrogen) atoms. The van der Waals surface area contributed by atoms with Crippen molar-refractivity contribution >= 4 is 23.2 Å². The number of fused-ring (bicyclic) bond motifs is 2. The number of amides is 2. The number of nitrogens with zero attached hydrogens (tertiary/aromatic N) is 4. The van der Waals surface area contributed by atoms with Gasteiger partial charge in [0.05, 0.1) is 11.3 Å². The van der Waals surface area contributed by atoms with E-state index in [-0.39, 0.29) is 18.0 Å². The first-order valence-electron chi connectivity index (χ1n) is 11.3. The molecule has 2 amide bonds. The summed E-state index contributed by atoms with van der Waals surface area (Å²) >= 11 is 0. The minimum absolute atomic E-state index is 0.0548. The average molecular weight is 419 g/mol. The monoisotopic (exact) mass is 418 g/mol. The smallest absolute Gasteiger partial charge is 0.257 e. The predicted octanol–water partition coefficient (Wildman–Crippen LogP) is 3.36. The fourth-order valence-corrected chi connectivity index (χ4v) is 5.26. The number of rotatable bonds is 2. The summed E-state index contributed by atoms with van der Waals surface area (Å²) in [5.41, 5.74) is 4.79. The molecule has 3 heterocycles. The molecule has 0 aliphatic carbocycles. The topological polar surface area (TPSA) is 47.1 Å². The lowest BCUT2D eigenvalue weighted by atomic mass is 9.97. The van der Waals surface area contributed by atoms with Crippen LogP contribution < -0.4 is 9.80 Å². The minimum Gasteiger partial charge on any atom is -0.368 e. The van der Waals surface area contributed by atoms with Gasteiger partial charge in [0.15, 0.2) is 0 Å². The highest BCUT2D eigenvalue weighted by Crippen LogP contribution is 2.35. The van der Waals surface area contributed by atoms with Gasteiger partial charge in [-0.3, -0.25) is 9.59 Å². The molecule has 0 bridgehead atoms. The van der Waals surface area contributed by atoms with Crippen LogP contribution in [0.1, 0.15) is 45.5 Å². The fraction of sp³-hybridized carbons (Fsp3) is 0.440. The molecular weight excluding hydrogens is 388 g/mol. The zero-order valence-electron chi connectivity index (χ0n) is 18.4. The lowest BCUT2D eigenvalue weighted by molar-refractivity contribution is 0.0588. The Hall–Kier alpha value is -3.02. The molecule has 6 nitrogen and oxygen atoms in total. The number of benzene rings is 2. The number of aryl methyl sites for hydroxylation is 1. The lowest BCUT2D eigenvalue weighted by Crippen LogP contribution is -2.56. The Balaban J connectivity index is 1.33. The van der Waals surface area contributed by atoms with Crippen molar-refractivity contribution in [1.29, 1.82) is 0 Å². The standard InChI is InChI=1S/C25H30N4O2/c1-18-7-3-4-8-21(18)27-13-15-28(16-14-27)24(30)19-10-11-20-22(17-19)26(2)23-9-5-6-12-29(23)25(20)31/h3-4,7-8,10-11,17,23H,5-6,9,12-16H2,1-2H3/t23-/m1/s1. The lowest BCUT2D eigenvalue weighted by Gasteiger charge is -2.46. The van der Waals surface area contributed by atoms with Gasteiger partial charge in [-0.2, -0.15) is 0 Å². The highest BCUT2D eigenvalue weighted by molar-refractivity contribution is 6.04. The summed E-state index contributed by atoms with van der Waals surface area (Å²) in [6, 6.07) is 14.0. The Morgan fingerprint density at radius 2 is 1.71 bits per heavy atom. The second-order valence-corrected chi connectivity index (χ2v) is 8.88. The molecule has 6 heteroatoms. The van der Waals surface area contributed by atoms with Crippen LogP contribution in [0.2, 0.25) is 0 Å². The first kappa shape index (κ1) is 19.9. The molecule has 0 unspecified atom stereocenters. The molecule has 0 aromatic heterocycles. The molecule has 5 rings (SSSR count). The number of piperazine rings is 1.